The van der Waals surface area contributed by atoms with E-state index in [2.05, 4.69) is 17.6 Å². The van der Waals surface area contributed by atoms with Crippen molar-refractivity contribution in [1.82, 2.24) is 5.32 Å². The number of carbonyl (C=O) groups excluding carboxylic acids is 1. The molecular weight excluding hydrogens is 436 g/mol. The normalized spacial score (nSPS) is 13.6. The number of carbonyl (C=O) groups is 1. The first-order valence-corrected chi connectivity index (χ1v) is 11.9. The number of fused-ring (bicyclic) bond motifs is 1. The fourth-order valence-corrected chi connectivity index (χ4v) is 3.80. The van der Waals surface area contributed by atoms with E-state index in [1.165, 1.54) is 0 Å². The van der Waals surface area contributed by atoms with Crippen molar-refractivity contribution in [2.45, 2.75) is 45.1 Å². The highest BCUT2D eigenvalue weighted by atomic mass is 16.5. The maximum Gasteiger partial charge on any atom is 0.224 e. The van der Waals surface area contributed by atoms with Gasteiger partial charge in [-0.25, -0.2) is 0 Å². The third-order valence-electron chi connectivity index (χ3n) is 5.70. The van der Waals surface area contributed by atoms with Gasteiger partial charge in [0.2, 0.25) is 5.91 Å². The fourth-order valence-electron chi connectivity index (χ4n) is 3.80. The summed E-state index contributed by atoms with van der Waals surface area (Å²) >= 11 is 0. The molecule has 3 N–H and O–H groups in total. The Balaban J connectivity index is 1.48. The molecule has 0 saturated carbocycles. The summed E-state index contributed by atoms with van der Waals surface area (Å²) in [5.74, 6) is 2.72. The molecule has 0 bridgehead atoms. The number of methoxy groups -OCH3 is 2. The molecule has 1 aliphatic rings. The Labute approximate surface area is 201 Å². The van der Waals surface area contributed by atoms with Gasteiger partial charge in [0, 0.05) is 18.5 Å². The summed E-state index contributed by atoms with van der Waals surface area (Å²) in [7, 11) is 3.23. The molecule has 1 unspecified atom stereocenters. The second-order valence-corrected chi connectivity index (χ2v) is 8.27. The SMILES string of the molecule is CCCCOc1ccc(OCC(O)CNCCc2ccc(OC)c(OC)c2)c2c1NC(=O)CC2. The predicted molar refractivity (Wildman–Crippen MR) is 131 cm³/mol. The second kappa shape index (κ2) is 13.1. The summed E-state index contributed by atoms with van der Waals surface area (Å²) < 4.78 is 22.4. The largest absolute Gasteiger partial charge is 0.493 e. The number of anilines is 1. The molecule has 34 heavy (non-hydrogen) atoms. The Kier molecular flexibility index (Phi) is 9.85. The number of hydrogen-bond donors (Lipinski definition) is 3. The highest BCUT2D eigenvalue weighted by Crippen LogP contribution is 2.39. The number of nitrogens with one attached hydrogen (secondary N) is 2. The lowest BCUT2D eigenvalue weighted by atomic mass is 10.0. The zero-order chi connectivity index (χ0) is 24.3. The molecule has 1 heterocycles. The van der Waals surface area contributed by atoms with Gasteiger partial charge in [-0.05, 0) is 55.6 Å². The van der Waals surface area contributed by atoms with Gasteiger partial charge in [0.05, 0.1) is 26.5 Å². The molecule has 0 aromatic heterocycles. The zero-order valence-corrected chi connectivity index (χ0v) is 20.3. The highest BCUT2D eigenvalue weighted by molar-refractivity contribution is 5.96. The van der Waals surface area contributed by atoms with E-state index >= 15 is 0 Å². The maximum absolute atomic E-state index is 11.9. The topological polar surface area (TPSA) is 98.3 Å². The van der Waals surface area contributed by atoms with Gasteiger partial charge in [-0.15, -0.1) is 0 Å². The van der Waals surface area contributed by atoms with Crippen LogP contribution in [-0.4, -0.2) is 57.6 Å². The fraction of sp³-hybridized carbons (Fsp3) is 0.500. The van der Waals surface area contributed by atoms with Crippen LogP contribution in [-0.2, 0) is 17.6 Å². The Morgan fingerprint density at radius 1 is 1.03 bits per heavy atom. The summed E-state index contributed by atoms with van der Waals surface area (Å²) in [5, 5.41) is 16.6. The number of benzene rings is 2. The molecule has 0 radical (unpaired) electrons. The van der Waals surface area contributed by atoms with E-state index in [4.69, 9.17) is 18.9 Å². The number of ether oxygens (including phenoxy) is 4. The van der Waals surface area contributed by atoms with E-state index in [0.29, 0.717) is 61.2 Å². The van der Waals surface area contributed by atoms with Crippen LogP contribution in [0.3, 0.4) is 0 Å². The van der Waals surface area contributed by atoms with Crippen LogP contribution in [0.25, 0.3) is 0 Å². The van der Waals surface area contributed by atoms with Gasteiger partial charge < -0.3 is 34.7 Å². The summed E-state index contributed by atoms with van der Waals surface area (Å²) in [6, 6.07) is 9.52. The van der Waals surface area contributed by atoms with E-state index in [0.717, 1.165) is 30.4 Å². The maximum atomic E-state index is 11.9. The van der Waals surface area contributed by atoms with Crippen molar-refractivity contribution < 1.29 is 28.8 Å². The molecule has 1 aliphatic heterocycles. The molecule has 3 rings (SSSR count). The van der Waals surface area contributed by atoms with Crippen LogP contribution in [0.1, 0.15) is 37.3 Å². The summed E-state index contributed by atoms with van der Waals surface area (Å²) in [6.07, 6.45) is 3.10. The van der Waals surface area contributed by atoms with Gasteiger partial charge in [0.1, 0.15) is 24.2 Å². The molecule has 0 saturated heterocycles. The van der Waals surface area contributed by atoms with Gasteiger partial charge in [-0.1, -0.05) is 19.4 Å². The molecule has 8 nitrogen and oxygen atoms in total. The number of aliphatic hydroxyl groups excluding tert-OH is 1. The summed E-state index contributed by atoms with van der Waals surface area (Å²) in [4.78, 5) is 11.9. The second-order valence-electron chi connectivity index (χ2n) is 8.27. The standard InChI is InChI=1S/C26H36N2O6/c1-4-5-14-33-23-10-9-21(20-7-11-25(30)28-26(20)23)34-17-19(29)16-27-13-12-18-6-8-22(31-2)24(15-18)32-3/h6,8-10,15,19,27,29H,4-5,7,11-14,16-17H2,1-3H3,(H,28,30). The van der Waals surface area contributed by atoms with Gasteiger partial charge in [0.25, 0.3) is 0 Å². The van der Waals surface area contributed by atoms with Crippen LogP contribution < -0.4 is 29.6 Å². The van der Waals surface area contributed by atoms with Crippen molar-refractivity contribution in [3.8, 4) is 23.0 Å². The Bertz CT molecular complexity index is 949. The highest BCUT2D eigenvalue weighted by Gasteiger charge is 2.23. The van der Waals surface area contributed by atoms with Gasteiger partial charge in [-0.3, -0.25) is 4.79 Å². The predicted octanol–water partition coefficient (Wildman–Crippen LogP) is 3.34. The van der Waals surface area contributed by atoms with Crippen LogP contribution in [0.2, 0.25) is 0 Å². The molecule has 8 heteroatoms. The van der Waals surface area contributed by atoms with Crippen molar-refractivity contribution in [3.63, 3.8) is 0 Å². The van der Waals surface area contributed by atoms with Crippen molar-refractivity contribution in [2.75, 3.05) is 45.8 Å². The Hall–Kier alpha value is -2.97. The number of aliphatic hydroxyl groups is 1. The molecule has 2 aromatic rings. The van der Waals surface area contributed by atoms with Gasteiger partial charge in [-0.2, -0.15) is 0 Å². The lowest BCUT2D eigenvalue weighted by molar-refractivity contribution is -0.116. The lowest BCUT2D eigenvalue weighted by Crippen LogP contribution is -2.32. The number of amides is 1. The molecule has 1 amide bonds. The molecule has 186 valence electrons. The van der Waals surface area contributed by atoms with Crippen LogP contribution in [0, 0.1) is 0 Å². The molecule has 0 aliphatic carbocycles. The Morgan fingerprint density at radius 3 is 2.56 bits per heavy atom. The van der Waals surface area contributed by atoms with Crippen molar-refractivity contribution in [2.24, 2.45) is 0 Å². The van der Waals surface area contributed by atoms with Crippen LogP contribution in [0.15, 0.2) is 30.3 Å². The van der Waals surface area contributed by atoms with Crippen molar-refractivity contribution in [1.29, 1.82) is 0 Å². The van der Waals surface area contributed by atoms with E-state index in [1.54, 1.807) is 14.2 Å². The first-order valence-electron chi connectivity index (χ1n) is 11.9. The van der Waals surface area contributed by atoms with E-state index in [9.17, 15) is 9.90 Å². The third kappa shape index (κ3) is 7.01. The quantitative estimate of drug-likeness (QED) is 0.363. The molecule has 0 fully saturated rings. The molecule has 1 atom stereocenters. The summed E-state index contributed by atoms with van der Waals surface area (Å²) in [6.45, 7) is 3.97. The minimum atomic E-state index is -0.667. The van der Waals surface area contributed by atoms with E-state index < -0.39 is 6.10 Å². The van der Waals surface area contributed by atoms with Crippen LogP contribution in [0.5, 0.6) is 23.0 Å². The molecular formula is C26H36N2O6. The third-order valence-corrected chi connectivity index (χ3v) is 5.70. The van der Waals surface area contributed by atoms with Crippen molar-refractivity contribution >= 4 is 11.6 Å². The zero-order valence-electron chi connectivity index (χ0n) is 20.3. The first kappa shape index (κ1) is 25.6. The average Bonchev–Trinajstić information content (AvgIpc) is 2.85. The Morgan fingerprint density at radius 2 is 1.79 bits per heavy atom. The lowest BCUT2D eigenvalue weighted by Gasteiger charge is -2.23. The van der Waals surface area contributed by atoms with Crippen LogP contribution >= 0.6 is 0 Å². The smallest absolute Gasteiger partial charge is 0.224 e. The number of unbranched alkanes of at least 4 members (excludes halogenated alkanes) is 1. The molecule has 2 aromatic carbocycles. The minimum Gasteiger partial charge on any atom is -0.493 e. The van der Waals surface area contributed by atoms with Crippen LogP contribution in [0.4, 0.5) is 5.69 Å². The average molecular weight is 473 g/mol. The first-order chi connectivity index (χ1) is 16.5. The van der Waals surface area contributed by atoms with E-state index in [1.807, 2.05) is 30.3 Å². The van der Waals surface area contributed by atoms with Gasteiger partial charge >= 0.3 is 0 Å². The van der Waals surface area contributed by atoms with Crippen molar-refractivity contribution in [3.05, 3.63) is 41.5 Å². The van der Waals surface area contributed by atoms with E-state index in [-0.39, 0.29) is 12.5 Å². The number of hydrogen-bond acceptors (Lipinski definition) is 7. The minimum absolute atomic E-state index is 0.0243. The monoisotopic (exact) mass is 472 g/mol. The molecule has 0 spiro atoms. The van der Waals surface area contributed by atoms with Gasteiger partial charge in [0.15, 0.2) is 11.5 Å². The summed E-state index contributed by atoms with van der Waals surface area (Å²) in [5.41, 5.74) is 2.72. The number of rotatable bonds is 14.